The van der Waals surface area contributed by atoms with Gasteiger partial charge in [0.2, 0.25) is 0 Å². The standard InChI is InChI=1S/C36H25N5O10S3/c42-36-25-14-13-23(37-22-7-2-1-3-8-22)17-21(25)18-34(54(49,50)51)35(36)41-40-31-16-15-30(26-9-4-5-10-27(26)31)39-38-24-19-29-28(33(20-24)53(46,47)48)11-6-12-32(29)52(43,44)45/h1-20,37,42H,(H,43,44,45)(H,46,47,48)(H,49,50,51). The number of phenols is 1. The minimum absolute atomic E-state index is 0.174. The molecule has 0 bridgehead atoms. The lowest BCUT2D eigenvalue weighted by Crippen LogP contribution is -2.03. The van der Waals surface area contributed by atoms with E-state index >= 15 is 0 Å². The molecule has 0 aliphatic rings. The quantitative estimate of drug-likeness (QED) is 0.0682. The molecule has 0 radical (unpaired) electrons. The fourth-order valence-corrected chi connectivity index (χ4v) is 7.95. The highest BCUT2D eigenvalue weighted by Crippen LogP contribution is 2.43. The minimum atomic E-state index is -4.91. The summed E-state index contributed by atoms with van der Waals surface area (Å²) >= 11 is 0. The first-order chi connectivity index (χ1) is 25.6. The van der Waals surface area contributed by atoms with Crippen LogP contribution in [0.4, 0.5) is 34.1 Å². The first-order valence-electron chi connectivity index (χ1n) is 15.5. The van der Waals surface area contributed by atoms with Crippen LogP contribution in [0.2, 0.25) is 0 Å². The van der Waals surface area contributed by atoms with E-state index in [9.17, 15) is 44.0 Å². The lowest BCUT2D eigenvalue weighted by atomic mass is 10.1. The van der Waals surface area contributed by atoms with E-state index in [0.29, 0.717) is 21.8 Å². The van der Waals surface area contributed by atoms with Crippen LogP contribution in [-0.2, 0) is 30.4 Å². The SMILES string of the molecule is O=S(=O)(O)c1cc2cc(Nc3ccccc3)ccc2c(O)c1N=Nc1ccc(N=Nc2cc(S(=O)(=O)O)c3cccc(S(=O)(=O)O)c3c2)c2ccccc12. The molecule has 5 N–H and O–H groups in total. The van der Waals surface area contributed by atoms with E-state index in [4.69, 9.17) is 0 Å². The van der Waals surface area contributed by atoms with Gasteiger partial charge in [0.25, 0.3) is 30.4 Å². The van der Waals surface area contributed by atoms with Gasteiger partial charge in [-0.15, -0.1) is 15.3 Å². The Hall–Kier alpha value is -6.15. The van der Waals surface area contributed by atoms with Gasteiger partial charge in [-0.2, -0.15) is 30.4 Å². The Kier molecular flexibility index (Phi) is 9.18. The van der Waals surface area contributed by atoms with Gasteiger partial charge in [0.05, 0.1) is 17.1 Å². The molecule has 0 fully saturated rings. The summed E-state index contributed by atoms with van der Waals surface area (Å²) in [7, 11) is -14.6. The molecule has 7 aromatic carbocycles. The zero-order valence-corrected chi connectivity index (χ0v) is 29.7. The summed E-state index contributed by atoms with van der Waals surface area (Å²) in [6.07, 6.45) is 0. The summed E-state index contributed by atoms with van der Waals surface area (Å²) < 4.78 is 103. The monoisotopic (exact) mass is 783 g/mol. The molecule has 0 saturated heterocycles. The second-order valence-electron chi connectivity index (χ2n) is 11.8. The number of hydrogen-bond donors (Lipinski definition) is 5. The van der Waals surface area contributed by atoms with Crippen molar-refractivity contribution in [3.63, 3.8) is 0 Å². The number of aromatic hydroxyl groups is 1. The van der Waals surface area contributed by atoms with Gasteiger partial charge in [0.15, 0.2) is 5.75 Å². The zero-order valence-electron chi connectivity index (χ0n) is 27.3. The molecule has 0 aromatic heterocycles. The Labute approximate surface area is 307 Å². The molecule has 0 saturated carbocycles. The molecule has 0 aliphatic carbocycles. The summed E-state index contributed by atoms with van der Waals surface area (Å²) in [5.74, 6) is -0.540. The van der Waals surface area contributed by atoms with Crippen molar-refractivity contribution >= 4 is 96.8 Å². The van der Waals surface area contributed by atoms with E-state index in [0.717, 1.165) is 17.8 Å². The third kappa shape index (κ3) is 7.24. The van der Waals surface area contributed by atoms with Crippen LogP contribution >= 0.6 is 0 Å². The van der Waals surface area contributed by atoms with Gasteiger partial charge in [-0.1, -0.05) is 54.6 Å². The van der Waals surface area contributed by atoms with Gasteiger partial charge in [-0.25, -0.2) is 0 Å². The zero-order chi connectivity index (χ0) is 38.4. The number of para-hydroxylation sites is 1. The number of azo groups is 2. The van der Waals surface area contributed by atoms with Crippen LogP contribution < -0.4 is 5.32 Å². The van der Waals surface area contributed by atoms with Crippen LogP contribution in [0, 0.1) is 0 Å². The van der Waals surface area contributed by atoms with E-state index in [1.807, 2.05) is 30.3 Å². The van der Waals surface area contributed by atoms with Gasteiger partial charge in [-0.05, 0) is 72.1 Å². The van der Waals surface area contributed by atoms with Crippen LogP contribution in [0.15, 0.2) is 156 Å². The van der Waals surface area contributed by atoms with Gasteiger partial charge in [0.1, 0.15) is 20.4 Å². The van der Waals surface area contributed by atoms with E-state index < -0.39 is 56.5 Å². The highest BCUT2D eigenvalue weighted by atomic mass is 32.2. The number of nitrogens with zero attached hydrogens (tertiary/aromatic N) is 4. The Morgan fingerprint density at radius 3 is 1.67 bits per heavy atom. The van der Waals surface area contributed by atoms with Crippen LogP contribution in [0.5, 0.6) is 5.75 Å². The van der Waals surface area contributed by atoms with Crippen molar-refractivity contribution in [2.75, 3.05) is 5.32 Å². The number of anilines is 2. The fraction of sp³-hybridized carbons (Fsp3) is 0. The second-order valence-corrected chi connectivity index (χ2v) is 15.9. The molecular formula is C36H25N5O10S3. The number of benzene rings is 7. The lowest BCUT2D eigenvalue weighted by Gasteiger charge is -2.12. The summed E-state index contributed by atoms with van der Waals surface area (Å²) in [4.78, 5) is -1.95. The highest BCUT2D eigenvalue weighted by molar-refractivity contribution is 7.86. The maximum atomic E-state index is 12.5. The summed E-state index contributed by atoms with van der Waals surface area (Å²) in [5, 5.41) is 32.0. The molecule has 7 aromatic rings. The number of nitrogens with one attached hydrogen (secondary N) is 1. The molecule has 0 unspecified atom stereocenters. The third-order valence-corrected chi connectivity index (χ3v) is 10.9. The number of rotatable bonds is 9. The van der Waals surface area contributed by atoms with E-state index in [2.05, 4.69) is 25.8 Å². The normalized spacial score (nSPS) is 12.7. The maximum absolute atomic E-state index is 12.5. The second kappa shape index (κ2) is 13.7. The predicted octanol–water partition coefficient (Wildman–Crippen LogP) is 9.17. The molecule has 15 nitrogen and oxygen atoms in total. The van der Waals surface area contributed by atoms with E-state index in [1.165, 1.54) is 36.4 Å². The molecule has 272 valence electrons. The minimum Gasteiger partial charge on any atom is -0.505 e. The summed E-state index contributed by atoms with van der Waals surface area (Å²) in [6.45, 7) is 0. The molecule has 0 amide bonds. The molecule has 0 atom stereocenters. The summed E-state index contributed by atoms with van der Waals surface area (Å²) in [5.41, 5.74) is 1.12. The molecule has 18 heteroatoms. The van der Waals surface area contributed by atoms with Crippen LogP contribution in [0.25, 0.3) is 32.3 Å². The molecule has 0 aliphatic heterocycles. The van der Waals surface area contributed by atoms with Crippen molar-refractivity contribution in [3.8, 4) is 5.75 Å². The van der Waals surface area contributed by atoms with Crippen LogP contribution in [0.3, 0.4) is 0 Å². The van der Waals surface area contributed by atoms with Crippen molar-refractivity contribution < 1.29 is 44.0 Å². The molecule has 54 heavy (non-hydrogen) atoms. The largest absolute Gasteiger partial charge is 0.505 e. The van der Waals surface area contributed by atoms with Crippen molar-refractivity contribution in [1.29, 1.82) is 0 Å². The van der Waals surface area contributed by atoms with Crippen molar-refractivity contribution in [1.82, 2.24) is 0 Å². The van der Waals surface area contributed by atoms with Gasteiger partial charge in [-0.3, -0.25) is 13.7 Å². The average Bonchev–Trinajstić information content (AvgIpc) is 3.12. The van der Waals surface area contributed by atoms with Crippen LogP contribution in [-0.4, -0.2) is 44.0 Å². The topological polar surface area (TPSA) is 245 Å². The fourth-order valence-electron chi connectivity index (χ4n) is 5.87. The van der Waals surface area contributed by atoms with Crippen molar-refractivity contribution in [3.05, 3.63) is 121 Å². The maximum Gasteiger partial charge on any atom is 0.296 e. The Morgan fingerprint density at radius 2 is 1.04 bits per heavy atom. The molecular weight excluding hydrogens is 759 g/mol. The van der Waals surface area contributed by atoms with Gasteiger partial charge in [0, 0.05) is 38.3 Å². The van der Waals surface area contributed by atoms with Gasteiger partial charge < -0.3 is 10.4 Å². The van der Waals surface area contributed by atoms with Crippen LogP contribution in [0.1, 0.15) is 0 Å². The van der Waals surface area contributed by atoms with E-state index in [1.54, 1.807) is 42.5 Å². The average molecular weight is 784 g/mol. The van der Waals surface area contributed by atoms with Crippen molar-refractivity contribution in [2.24, 2.45) is 20.5 Å². The molecule has 0 heterocycles. The first-order valence-corrected chi connectivity index (χ1v) is 19.9. The lowest BCUT2D eigenvalue weighted by molar-refractivity contribution is 0.472. The number of fused-ring (bicyclic) bond motifs is 3. The Bertz CT molecular complexity index is 3070. The highest BCUT2D eigenvalue weighted by Gasteiger charge is 2.23. The van der Waals surface area contributed by atoms with Crippen molar-refractivity contribution in [2.45, 2.75) is 14.7 Å². The molecule has 7 rings (SSSR count). The predicted molar refractivity (Wildman–Crippen MR) is 201 cm³/mol. The molecule has 0 spiro atoms. The number of hydrogen-bond acceptors (Lipinski definition) is 12. The van der Waals surface area contributed by atoms with Gasteiger partial charge >= 0.3 is 0 Å². The smallest absolute Gasteiger partial charge is 0.296 e. The summed E-state index contributed by atoms with van der Waals surface area (Å²) in [6, 6.07) is 30.5. The van der Waals surface area contributed by atoms with E-state index in [-0.39, 0.29) is 33.2 Å². The Morgan fingerprint density at radius 1 is 0.444 bits per heavy atom. The first kappa shape index (κ1) is 36.2. The number of phenolic OH excluding ortho intramolecular Hbond substituents is 1. The third-order valence-electron chi connectivity index (χ3n) is 8.26. The Balaban J connectivity index is 1.29.